The predicted octanol–water partition coefficient (Wildman–Crippen LogP) is 2.74. The van der Waals surface area contributed by atoms with Gasteiger partial charge in [-0.3, -0.25) is 0 Å². The molecule has 0 aromatic carbocycles. The van der Waals surface area contributed by atoms with Crippen LogP contribution in [0.25, 0.3) is 0 Å². The summed E-state index contributed by atoms with van der Waals surface area (Å²) in [6.45, 7) is 3.46. The Hall–Kier alpha value is -0.340. The van der Waals surface area contributed by atoms with E-state index in [0.29, 0.717) is 5.54 Å². The molecule has 0 amide bonds. The minimum absolute atomic E-state index is 0.328. The first-order valence-corrected chi connectivity index (χ1v) is 5.54. The van der Waals surface area contributed by atoms with Crippen LogP contribution in [-0.2, 0) is 5.54 Å². The Labute approximate surface area is 77.8 Å². The Balaban J connectivity index is 2.28. The topological polar surface area (TPSA) is 12.0 Å². The molecule has 12 heavy (non-hydrogen) atoms. The molecule has 2 heteroatoms. The molecule has 1 atom stereocenters. The standard InChI is InChI=1S/C10H15NS/c1-2-10(6-4-7-11-10)9-5-3-8-12-9/h3,5,8,11H,2,4,6-7H2,1H3. The molecule has 1 aromatic heterocycles. The molecule has 1 aliphatic rings. The van der Waals surface area contributed by atoms with Gasteiger partial charge in [0.1, 0.15) is 0 Å². The lowest BCUT2D eigenvalue weighted by Gasteiger charge is -2.26. The van der Waals surface area contributed by atoms with E-state index in [0.717, 1.165) is 0 Å². The van der Waals surface area contributed by atoms with E-state index in [9.17, 15) is 0 Å². The van der Waals surface area contributed by atoms with E-state index in [2.05, 4.69) is 29.8 Å². The van der Waals surface area contributed by atoms with Gasteiger partial charge in [-0.05, 0) is 37.3 Å². The highest BCUT2D eigenvalue weighted by Crippen LogP contribution is 2.36. The van der Waals surface area contributed by atoms with Crippen molar-refractivity contribution in [1.29, 1.82) is 0 Å². The van der Waals surface area contributed by atoms with E-state index in [-0.39, 0.29) is 0 Å². The first kappa shape index (κ1) is 8.27. The average molecular weight is 181 g/mol. The van der Waals surface area contributed by atoms with Gasteiger partial charge in [0, 0.05) is 4.88 Å². The van der Waals surface area contributed by atoms with Gasteiger partial charge < -0.3 is 5.32 Å². The molecule has 2 heterocycles. The van der Waals surface area contributed by atoms with Crippen molar-refractivity contribution in [2.75, 3.05) is 6.54 Å². The van der Waals surface area contributed by atoms with Crippen LogP contribution < -0.4 is 5.32 Å². The van der Waals surface area contributed by atoms with E-state index >= 15 is 0 Å². The fourth-order valence-corrected chi connectivity index (χ4v) is 3.05. The summed E-state index contributed by atoms with van der Waals surface area (Å²) < 4.78 is 0. The van der Waals surface area contributed by atoms with E-state index in [4.69, 9.17) is 0 Å². The summed E-state index contributed by atoms with van der Waals surface area (Å²) in [4.78, 5) is 1.52. The Morgan fingerprint density at radius 2 is 2.58 bits per heavy atom. The lowest BCUT2D eigenvalue weighted by Crippen LogP contribution is -2.34. The molecule has 66 valence electrons. The highest BCUT2D eigenvalue weighted by atomic mass is 32.1. The zero-order chi connectivity index (χ0) is 8.44. The third-order valence-corrected chi connectivity index (χ3v) is 3.91. The quantitative estimate of drug-likeness (QED) is 0.739. The van der Waals surface area contributed by atoms with Crippen LogP contribution in [0.2, 0.25) is 0 Å². The van der Waals surface area contributed by atoms with E-state index in [1.807, 2.05) is 11.3 Å². The van der Waals surface area contributed by atoms with Crippen LogP contribution in [0.15, 0.2) is 17.5 Å². The Morgan fingerprint density at radius 3 is 3.08 bits per heavy atom. The maximum absolute atomic E-state index is 3.63. The number of hydrogen-bond acceptors (Lipinski definition) is 2. The van der Waals surface area contributed by atoms with Crippen molar-refractivity contribution in [3.8, 4) is 0 Å². The largest absolute Gasteiger partial charge is 0.307 e. The summed E-state index contributed by atoms with van der Waals surface area (Å²) in [5, 5.41) is 5.81. The third-order valence-electron chi connectivity index (χ3n) is 2.84. The number of thiophene rings is 1. The smallest absolute Gasteiger partial charge is 0.0526 e. The monoisotopic (exact) mass is 181 g/mol. The van der Waals surface area contributed by atoms with Gasteiger partial charge in [-0.1, -0.05) is 13.0 Å². The minimum atomic E-state index is 0.328. The molecule has 0 aliphatic carbocycles. The summed E-state index contributed by atoms with van der Waals surface area (Å²) in [6.07, 6.45) is 3.85. The lowest BCUT2D eigenvalue weighted by molar-refractivity contribution is 0.384. The third kappa shape index (κ3) is 1.19. The van der Waals surface area contributed by atoms with Gasteiger partial charge in [-0.15, -0.1) is 11.3 Å². The normalized spacial score (nSPS) is 29.4. The van der Waals surface area contributed by atoms with Gasteiger partial charge >= 0.3 is 0 Å². The van der Waals surface area contributed by atoms with E-state index in [1.54, 1.807) is 0 Å². The van der Waals surface area contributed by atoms with Crippen molar-refractivity contribution < 1.29 is 0 Å². The van der Waals surface area contributed by atoms with Crippen LogP contribution in [-0.4, -0.2) is 6.54 Å². The number of hydrogen-bond donors (Lipinski definition) is 1. The van der Waals surface area contributed by atoms with Gasteiger partial charge in [0.05, 0.1) is 5.54 Å². The van der Waals surface area contributed by atoms with Crippen LogP contribution in [0.5, 0.6) is 0 Å². The molecule has 1 N–H and O–H groups in total. The fourth-order valence-electron chi connectivity index (χ4n) is 2.04. The zero-order valence-electron chi connectivity index (χ0n) is 7.47. The summed E-state index contributed by atoms with van der Waals surface area (Å²) in [5.41, 5.74) is 0.328. The first-order chi connectivity index (χ1) is 5.87. The van der Waals surface area contributed by atoms with Crippen LogP contribution in [0.3, 0.4) is 0 Å². The fraction of sp³-hybridized carbons (Fsp3) is 0.600. The Bertz CT molecular complexity index is 234. The molecule has 0 saturated carbocycles. The Morgan fingerprint density at radius 1 is 1.67 bits per heavy atom. The maximum atomic E-state index is 3.63. The SMILES string of the molecule is CCC1(c2cccs2)CCCN1. The van der Waals surface area contributed by atoms with E-state index in [1.165, 1.54) is 30.7 Å². The van der Waals surface area contributed by atoms with Crippen molar-refractivity contribution in [2.45, 2.75) is 31.7 Å². The van der Waals surface area contributed by atoms with Crippen molar-refractivity contribution in [3.05, 3.63) is 22.4 Å². The van der Waals surface area contributed by atoms with Gasteiger partial charge in [0.25, 0.3) is 0 Å². The summed E-state index contributed by atoms with van der Waals surface area (Å²) in [7, 11) is 0. The molecular weight excluding hydrogens is 166 g/mol. The highest BCUT2D eigenvalue weighted by Gasteiger charge is 2.33. The van der Waals surface area contributed by atoms with Gasteiger partial charge in [-0.25, -0.2) is 0 Å². The lowest BCUT2D eigenvalue weighted by atomic mass is 9.92. The second-order valence-corrected chi connectivity index (χ2v) is 4.39. The van der Waals surface area contributed by atoms with Gasteiger partial charge in [0.2, 0.25) is 0 Å². The van der Waals surface area contributed by atoms with Crippen molar-refractivity contribution in [2.24, 2.45) is 0 Å². The van der Waals surface area contributed by atoms with Crippen molar-refractivity contribution >= 4 is 11.3 Å². The zero-order valence-corrected chi connectivity index (χ0v) is 8.29. The molecule has 1 nitrogen and oxygen atoms in total. The molecule has 1 aromatic rings. The minimum Gasteiger partial charge on any atom is -0.307 e. The molecule has 1 unspecified atom stereocenters. The van der Waals surface area contributed by atoms with Crippen molar-refractivity contribution in [1.82, 2.24) is 5.32 Å². The second kappa shape index (κ2) is 3.19. The van der Waals surface area contributed by atoms with Crippen molar-refractivity contribution in [3.63, 3.8) is 0 Å². The van der Waals surface area contributed by atoms with Crippen LogP contribution in [0.1, 0.15) is 31.1 Å². The summed E-state index contributed by atoms with van der Waals surface area (Å²) >= 11 is 1.88. The molecule has 2 rings (SSSR count). The predicted molar refractivity (Wildman–Crippen MR) is 53.5 cm³/mol. The molecule has 1 saturated heterocycles. The number of rotatable bonds is 2. The number of nitrogens with one attached hydrogen (secondary N) is 1. The first-order valence-electron chi connectivity index (χ1n) is 4.66. The molecule has 1 fully saturated rings. The summed E-state index contributed by atoms with van der Waals surface area (Å²) in [5.74, 6) is 0. The molecule has 1 aliphatic heterocycles. The Kier molecular flexibility index (Phi) is 2.20. The molecule has 0 radical (unpaired) electrons. The molecule has 0 bridgehead atoms. The average Bonchev–Trinajstić information content (AvgIpc) is 2.76. The van der Waals surface area contributed by atoms with E-state index < -0.39 is 0 Å². The highest BCUT2D eigenvalue weighted by molar-refractivity contribution is 7.10. The summed E-state index contributed by atoms with van der Waals surface area (Å²) in [6, 6.07) is 4.41. The maximum Gasteiger partial charge on any atom is 0.0526 e. The molecule has 0 spiro atoms. The molecular formula is C10H15NS. The van der Waals surface area contributed by atoms with Crippen LogP contribution in [0.4, 0.5) is 0 Å². The van der Waals surface area contributed by atoms with Crippen LogP contribution in [0, 0.1) is 0 Å². The van der Waals surface area contributed by atoms with Crippen LogP contribution >= 0.6 is 11.3 Å². The second-order valence-electron chi connectivity index (χ2n) is 3.44. The van der Waals surface area contributed by atoms with Gasteiger partial charge in [-0.2, -0.15) is 0 Å². The van der Waals surface area contributed by atoms with Gasteiger partial charge in [0.15, 0.2) is 0 Å².